The first-order valence-electron chi connectivity index (χ1n) is 7.50. The van der Waals surface area contributed by atoms with E-state index in [1.807, 2.05) is 46.0 Å². The smallest absolute Gasteiger partial charge is 0.410 e. The van der Waals surface area contributed by atoms with Crippen LogP contribution in [0.4, 0.5) is 10.5 Å². The maximum Gasteiger partial charge on any atom is 0.410 e. The summed E-state index contributed by atoms with van der Waals surface area (Å²) in [5.41, 5.74) is 1.62. The standard InChI is InChI=1S/C16H25N3O2/c1-12-5-6-14(11-17-12)18-13-7-9-19(10-8-13)15(20)21-16(2,3)4/h5-6,11,13,18H,7-10H2,1-4H3. The van der Waals surface area contributed by atoms with Crippen molar-refractivity contribution < 1.29 is 9.53 Å². The molecule has 1 saturated heterocycles. The molecular formula is C16H25N3O2. The molecule has 5 nitrogen and oxygen atoms in total. The van der Waals surface area contributed by atoms with Crippen LogP contribution >= 0.6 is 0 Å². The van der Waals surface area contributed by atoms with E-state index in [1.165, 1.54) is 0 Å². The van der Waals surface area contributed by atoms with Crippen molar-refractivity contribution in [3.8, 4) is 0 Å². The molecule has 116 valence electrons. The summed E-state index contributed by atoms with van der Waals surface area (Å²) in [6.07, 6.45) is 3.49. The number of amides is 1. The minimum Gasteiger partial charge on any atom is -0.444 e. The third-order valence-electron chi connectivity index (χ3n) is 3.43. The Morgan fingerprint density at radius 2 is 2.00 bits per heavy atom. The number of rotatable bonds is 2. The number of piperidine rings is 1. The number of hydrogen-bond donors (Lipinski definition) is 1. The fourth-order valence-electron chi connectivity index (χ4n) is 2.32. The van der Waals surface area contributed by atoms with Crippen LogP contribution in [0.2, 0.25) is 0 Å². The van der Waals surface area contributed by atoms with Crippen molar-refractivity contribution in [1.82, 2.24) is 9.88 Å². The molecule has 2 rings (SSSR count). The summed E-state index contributed by atoms with van der Waals surface area (Å²) in [6, 6.07) is 4.42. The molecule has 0 aromatic carbocycles. The highest BCUT2D eigenvalue weighted by Gasteiger charge is 2.26. The molecule has 0 radical (unpaired) electrons. The molecule has 1 aliphatic heterocycles. The van der Waals surface area contributed by atoms with Crippen LogP contribution in [-0.4, -0.2) is 40.7 Å². The summed E-state index contributed by atoms with van der Waals surface area (Å²) >= 11 is 0. The third kappa shape index (κ3) is 4.92. The molecule has 0 bridgehead atoms. The molecule has 1 amide bonds. The SMILES string of the molecule is Cc1ccc(NC2CCN(C(=O)OC(C)(C)C)CC2)cn1. The fraction of sp³-hybridized carbons (Fsp3) is 0.625. The molecule has 0 atom stereocenters. The van der Waals surface area contributed by atoms with E-state index in [2.05, 4.69) is 10.3 Å². The number of pyridine rings is 1. The summed E-state index contributed by atoms with van der Waals surface area (Å²) in [6.45, 7) is 9.11. The monoisotopic (exact) mass is 291 g/mol. The van der Waals surface area contributed by atoms with Gasteiger partial charge in [-0.2, -0.15) is 0 Å². The molecule has 0 saturated carbocycles. The van der Waals surface area contributed by atoms with E-state index in [0.717, 1.165) is 37.3 Å². The number of carbonyl (C=O) groups is 1. The third-order valence-corrected chi connectivity index (χ3v) is 3.43. The van der Waals surface area contributed by atoms with Gasteiger partial charge in [-0.1, -0.05) is 0 Å². The van der Waals surface area contributed by atoms with Crippen LogP contribution in [0.3, 0.4) is 0 Å². The highest BCUT2D eigenvalue weighted by Crippen LogP contribution is 2.18. The molecule has 1 N–H and O–H groups in total. The first-order valence-corrected chi connectivity index (χ1v) is 7.50. The van der Waals surface area contributed by atoms with E-state index < -0.39 is 5.60 Å². The number of anilines is 1. The van der Waals surface area contributed by atoms with Gasteiger partial charge in [-0.25, -0.2) is 4.79 Å². The van der Waals surface area contributed by atoms with Crippen LogP contribution in [0.15, 0.2) is 18.3 Å². The Morgan fingerprint density at radius 1 is 1.33 bits per heavy atom. The summed E-state index contributed by atoms with van der Waals surface area (Å²) in [5, 5.41) is 3.47. The number of aromatic nitrogens is 1. The Bertz CT molecular complexity index is 471. The number of nitrogens with zero attached hydrogens (tertiary/aromatic N) is 2. The number of aryl methyl sites for hydroxylation is 1. The van der Waals surface area contributed by atoms with Crippen LogP contribution in [-0.2, 0) is 4.74 Å². The van der Waals surface area contributed by atoms with Gasteiger partial charge in [0.15, 0.2) is 0 Å². The summed E-state index contributed by atoms with van der Waals surface area (Å²) in [5.74, 6) is 0. The van der Waals surface area contributed by atoms with Crippen LogP contribution in [0, 0.1) is 6.92 Å². The maximum absolute atomic E-state index is 12.0. The number of ether oxygens (including phenoxy) is 1. The van der Waals surface area contributed by atoms with Gasteiger partial charge in [0.1, 0.15) is 5.60 Å². The van der Waals surface area contributed by atoms with Crippen molar-refractivity contribution in [3.05, 3.63) is 24.0 Å². The van der Waals surface area contributed by atoms with Gasteiger partial charge in [0.2, 0.25) is 0 Å². The number of nitrogens with one attached hydrogen (secondary N) is 1. The zero-order valence-corrected chi connectivity index (χ0v) is 13.3. The lowest BCUT2D eigenvalue weighted by Gasteiger charge is -2.34. The fourth-order valence-corrected chi connectivity index (χ4v) is 2.32. The van der Waals surface area contributed by atoms with Crippen molar-refractivity contribution in [2.24, 2.45) is 0 Å². The lowest BCUT2D eigenvalue weighted by molar-refractivity contribution is 0.0210. The van der Waals surface area contributed by atoms with Crippen LogP contribution < -0.4 is 5.32 Å². The molecule has 0 aliphatic carbocycles. The molecule has 5 heteroatoms. The van der Waals surface area contributed by atoms with Crippen molar-refractivity contribution in [3.63, 3.8) is 0 Å². The van der Waals surface area contributed by atoms with Gasteiger partial charge in [0, 0.05) is 24.8 Å². The minimum atomic E-state index is -0.431. The Kier molecular flexibility index (Phi) is 4.70. The average Bonchev–Trinajstić information content (AvgIpc) is 2.40. The van der Waals surface area contributed by atoms with E-state index in [9.17, 15) is 4.79 Å². The maximum atomic E-state index is 12.0. The molecular weight excluding hydrogens is 266 g/mol. The number of hydrogen-bond acceptors (Lipinski definition) is 4. The van der Waals surface area contributed by atoms with Crippen molar-refractivity contribution in [2.45, 2.75) is 52.2 Å². The van der Waals surface area contributed by atoms with Crippen molar-refractivity contribution in [1.29, 1.82) is 0 Å². The minimum absolute atomic E-state index is 0.210. The lowest BCUT2D eigenvalue weighted by Crippen LogP contribution is -2.44. The van der Waals surface area contributed by atoms with Gasteiger partial charge < -0.3 is 15.0 Å². The molecule has 0 spiro atoms. The van der Waals surface area contributed by atoms with E-state index in [1.54, 1.807) is 4.90 Å². The zero-order valence-electron chi connectivity index (χ0n) is 13.3. The van der Waals surface area contributed by atoms with E-state index in [-0.39, 0.29) is 6.09 Å². The van der Waals surface area contributed by atoms with Gasteiger partial charge in [0.05, 0.1) is 11.9 Å². The molecule has 1 aromatic rings. The molecule has 1 aromatic heterocycles. The summed E-state index contributed by atoms with van der Waals surface area (Å²) < 4.78 is 5.40. The Balaban J connectivity index is 1.80. The predicted octanol–water partition coefficient (Wildman–Crippen LogP) is 3.20. The average molecular weight is 291 g/mol. The largest absolute Gasteiger partial charge is 0.444 e. The van der Waals surface area contributed by atoms with Crippen molar-refractivity contribution in [2.75, 3.05) is 18.4 Å². The predicted molar refractivity (Wildman–Crippen MR) is 83.4 cm³/mol. The second-order valence-corrected chi connectivity index (χ2v) is 6.57. The molecule has 0 unspecified atom stereocenters. The van der Waals surface area contributed by atoms with Crippen LogP contribution in [0.5, 0.6) is 0 Å². The summed E-state index contributed by atoms with van der Waals surface area (Å²) in [7, 11) is 0. The zero-order chi connectivity index (χ0) is 15.5. The normalized spacial score (nSPS) is 16.7. The Morgan fingerprint density at radius 3 is 2.52 bits per heavy atom. The van der Waals surface area contributed by atoms with Crippen LogP contribution in [0.1, 0.15) is 39.3 Å². The number of likely N-dealkylation sites (tertiary alicyclic amines) is 1. The lowest BCUT2D eigenvalue weighted by atomic mass is 10.1. The van der Waals surface area contributed by atoms with Gasteiger partial charge in [0.25, 0.3) is 0 Å². The Labute approximate surface area is 126 Å². The Hall–Kier alpha value is -1.78. The van der Waals surface area contributed by atoms with Gasteiger partial charge in [-0.15, -0.1) is 0 Å². The topological polar surface area (TPSA) is 54.5 Å². The highest BCUT2D eigenvalue weighted by molar-refractivity contribution is 5.68. The highest BCUT2D eigenvalue weighted by atomic mass is 16.6. The van der Waals surface area contributed by atoms with E-state index >= 15 is 0 Å². The van der Waals surface area contributed by atoms with Crippen molar-refractivity contribution >= 4 is 11.8 Å². The summed E-state index contributed by atoms with van der Waals surface area (Å²) in [4.78, 5) is 18.1. The second kappa shape index (κ2) is 6.33. The molecule has 2 heterocycles. The van der Waals surface area contributed by atoms with E-state index in [0.29, 0.717) is 6.04 Å². The van der Waals surface area contributed by atoms with E-state index in [4.69, 9.17) is 4.74 Å². The second-order valence-electron chi connectivity index (χ2n) is 6.57. The van der Waals surface area contributed by atoms with Crippen LogP contribution in [0.25, 0.3) is 0 Å². The first kappa shape index (κ1) is 15.6. The molecule has 21 heavy (non-hydrogen) atoms. The number of carbonyl (C=O) groups excluding carboxylic acids is 1. The quantitative estimate of drug-likeness (QED) is 0.909. The first-order chi connectivity index (χ1) is 9.83. The van der Waals surface area contributed by atoms with Gasteiger partial charge >= 0.3 is 6.09 Å². The molecule has 1 aliphatic rings. The molecule has 1 fully saturated rings. The van der Waals surface area contributed by atoms with Gasteiger partial charge in [-0.3, -0.25) is 4.98 Å². The van der Waals surface area contributed by atoms with Gasteiger partial charge in [-0.05, 0) is 52.7 Å².